The van der Waals surface area contributed by atoms with Crippen LogP contribution in [0.2, 0.25) is 5.02 Å². The predicted octanol–water partition coefficient (Wildman–Crippen LogP) is 3.94. The Kier molecular flexibility index (Phi) is 8.10. The molecule has 1 fully saturated rings. The first-order chi connectivity index (χ1) is 11.6. The average Bonchev–Trinajstić information content (AvgIpc) is 2.60. The second-order valence-corrected chi connectivity index (χ2v) is 6.95. The number of halogens is 1. The third-order valence-electron chi connectivity index (χ3n) is 4.58. The number of hydrogen-bond acceptors (Lipinski definition) is 2. The van der Waals surface area contributed by atoms with Gasteiger partial charge in [-0.1, -0.05) is 43.7 Å². The summed E-state index contributed by atoms with van der Waals surface area (Å²) >= 11 is 5.79. The molecule has 0 aliphatic heterocycles. The second-order valence-electron chi connectivity index (χ2n) is 6.51. The molecule has 2 N–H and O–H groups in total. The van der Waals surface area contributed by atoms with Gasteiger partial charge in [-0.05, 0) is 43.0 Å². The minimum atomic E-state index is -0.184. The van der Waals surface area contributed by atoms with Crippen molar-refractivity contribution in [3.05, 3.63) is 34.9 Å². The summed E-state index contributed by atoms with van der Waals surface area (Å²) in [5.74, 6) is 0.668. The van der Waals surface area contributed by atoms with Gasteiger partial charge in [0.05, 0.1) is 0 Å². The lowest BCUT2D eigenvalue weighted by molar-refractivity contribution is -0.120. The summed E-state index contributed by atoms with van der Waals surface area (Å²) in [5, 5.41) is 6.28. The van der Waals surface area contributed by atoms with Gasteiger partial charge in [-0.25, -0.2) is 0 Å². The van der Waals surface area contributed by atoms with Crippen molar-refractivity contribution in [2.24, 2.45) is 5.92 Å². The van der Waals surface area contributed by atoms with E-state index in [0.717, 1.165) is 18.9 Å². The van der Waals surface area contributed by atoms with Crippen molar-refractivity contribution in [2.45, 2.75) is 51.4 Å². The van der Waals surface area contributed by atoms with Crippen LogP contribution in [0.1, 0.15) is 61.7 Å². The Balaban J connectivity index is 1.53. The molecule has 2 rings (SSSR count). The number of benzene rings is 1. The smallest absolute Gasteiger partial charge is 0.251 e. The fraction of sp³-hybridized carbons (Fsp3) is 0.579. The molecule has 0 spiro atoms. The predicted molar refractivity (Wildman–Crippen MR) is 97.2 cm³/mol. The van der Waals surface area contributed by atoms with E-state index in [-0.39, 0.29) is 11.8 Å². The number of nitrogens with one attached hydrogen (secondary N) is 2. The van der Waals surface area contributed by atoms with E-state index in [2.05, 4.69) is 10.6 Å². The van der Waals surface area contributed by atoms with Crippen molar-refractivity contribution in [1.82, 2.24) is 10.6 Å². The Hall–Kier alpha value is -1.55. The molecule has 1 saturated carbocycles. The lowest BCUT2D eigenvalue weighted by Gasteiger charge is -2.21. The van der Waals surface area contributed by atoms with Crippen LogP contribution in [0.5, 0.6) is 0 Å². The van der Waals surface area contributed by atoms with Gasteiger partial charge >= 0.3 is 0 Å². The van der Waals surface area contributed by atoms with Crippen LogP contribution in [0.3, 0.4) is 0 Å². The molecule has 1 aliphatic rings. The van der Waals surface area contributed by atoms with Crippen molar-refractivity contribution in [3.8, 4) is 0 Å². The van der Waals surface area contributed by atoms with Crippen molar-refractivity contribution >= 4 is 23.4 Å². The third-order valence-corrected chi connectivity index (χ3v) is 4.83. The first kappa shape index (κ1) is 18.8. The maximum atomic E-state index is 11.9. The molecular formula is C19H27ClN2O2. The van der Waals surface area contributed by atoms with Gasteiger partial charge in [-0.2, -0.15) is 0 Å². The Morgan fingerprint density at radius 2 is 1.71 bits per heavy atom. The molecule has 0 aromatic heterocycles. The summed E-state index contributed by atoms with van der Waals surface area (Å²) in [7, 11) is 0. The summed E-state index contributed by atoms with van der Waals surface area (Å²) in [6.07, 6.45) is 9.39. The molecule has 4 nitrogen and oxygen atoms in total. The Labute approximate surface area is 149 Å². The maximum absolute atomic E-state index is 11.9. The molecule has 0 unspecified atom stereocenters. The molecule has 0 bridgehead atoms. The zero-order valence-electron chi connectivity index (χ0n) is 14.2. The van der Waals surface area contributed by atoms with Gasteiger partial charge in [-0.3, -0.25) is 9.59 Å². The molecule has 1 aromatic rings. The van der Waals surface area contributed by atoms with E-state index in [1.54, 1.807) is 24.3 Å². The van der Waals surface area contributed by atoms with E-state index in [1.165, 1.54) is 38.5 Å². The normalized spacial score (nSPS) is 15.0. The number of carbonyl (C=O) groups excluding carboxylic acids is 2. The van der Waals surface area contributed by atoms with Crippen molar-refractivity contribution in [1.29, 1.82) is 0 Å². The van der Waals surface area contributed by atoms with E-state index in [1.807, 2.05) is 0 Å². The summed E-state index contributed by atoms with van der Waals surface area (Å²) in [6.45, 7) is 1.08. The van der Waals surface area contributed by atoms with Crippen molar-refractivity contribution < 1.29 is 9.59 Å². The molecule has 0 radical (unpaired) electrons. The molecule has 0 atom stereocenters. The first-order valence-corrected chi connectivity index (χ1v) is 9.33. The highest BCUT2D eigenvalue weighted by Crippen LogP contribution is 2.26. The van der Waals surface area contributed by atoms with E-state index >= 15 is 0 Å². The Bertz CT molecular complexity index is 525. The lowest BCUT2D eigenvalue weighted by Crippen LogP contribution is -2.31. The van der Waals surface area contributed by atoms with Gasteiger partial charge in [0.25, 0.3) is 5.91 Å². The van der Waals surface area contributed by atoms with Gasteiger partial charge in [0.2, 0.25) is 5.91 Å². The fourth-order valence-electron chi connectivity index (χ4n) is 3.18. The minimum absolute atomic E-state index is 0.00458. The van der Waals surface area contributed by atoms with Crippen LogP contribution in [-0.2, 0) is 4.79 Å². The lowest BCUT2D eigenvalue weighted by atomic mass is 9.86. The standard InChI is InChI=1S/C19H27ClN2O2/c20-17-10-8-16(9-11-17)19(24)22-14-12-18(23)21-13-4-7-15-5-2-1-3-6-15/h8-11,15H,1-7,12-14H2,(H,21,23)(H,22,24). The highest BCUT2D eigenvalue weighted by molar-refractivity contribution is 6.30. The summed E-state index contributed by atoms with van der Waals surface area (Å²) in [5.41, 5.74) is 0.548. The van der Waals surface area contributed by atoms with Crippen molar-refractivity contribution in [3.63, 3.8) is 0 Å². The van der Waals surface area contributed by atoms with Gasteiger partial charge in [0.15, 0.2) is 0 Å². The van der Waals surface area contributed by atoms with Crippen LogP contribution >= 0.6 is 11.6 Å². The van der Waals surface area contributed by atoms with E-state index in [0.29, 0.717) is 23.6 Å². The Morgan fingerprint density at radius 1 is 1.00 bits per heavy atom. The van der Waals surface area contributed by atoms with E-state index < -0.39 is 0 Å². The topological polar surface area (TPSA) is 58.2 Å². The zero-order chi connectivity index (χ0) is 17.2. The van der Waals surface area contributed by atoms with Crippen LogP contribution in [0.15, 0.2) is 24.3 Å². The van der Waals surface area contributed by atoms with Gasteiger partial charge in [0.1, 0.15) is 0 Å². The molecular weight excluding hydrogens is 324 g/mol. The monoisotopic (exact) mass is 350 g/mol. The summed E-state index contributed by atoms with van der Waals surface area (Å²) in [6, 6.07) is 6.69. The number of amides is 2. The number of rotatable bonds is 8. The van der Waals surface area contributed by atoms with Gasteiger partial charge in [0, 0.05) is 30.1 Å². The minimum Gasteiger partial charge on any atom is -0.356 e. The highest BCUT2D eigenvalue weighted by Gasteiger charge is 2.12. The zero-order valence-corrected chi connectivity index (χ0v) is 14.9. The Morgan fingerprint density at radius 3 is 2.42 bits per heavy atom. The first-order valence-electron chi connectivity index (χ1n) is 8.95. The van der Waals surface area contributed by atoms with Crippen LogP contribution in [-0.4, -0.2) is 24.9 Å². The van der Waals surface area contributed by atoms with Gasteiger partial charge in [-0.15, -0.1) is 0 Å². The van der Waals surface area contributed by atoms with Crippen LogP contribution in [0.25, 0.3) is 0 Å². The summed E-state index contributed by atoms with van der Waals surface area (Å²) < 4.78 is 0. The van der Waals surface area contributed by atoms with E-state index in [4.69, 9.17) is 11.6 Å². The molecule has 5 heteroatoms. The molecule has 24 heavy (non-hydrogen) atoms. The molecule has 1 aromatic carbocycles. The third kappa shape index (κ3) is 6.91. The number of carbonyl (C=O) groups is 2. The van der Waals surface area contributed by atoms with E-state index in [9.17, 15) is 9.59 Å². The quantitative estimate of drug-likeness (QED) is 0.698. The second kappa shape index (κ2) is 10.3. The summed E-state index contributed by atoms with van der Waals surface area (Å²) in [4.78, 5) is 23.7. The molecule has 132 valence electrons. The molecule has 0 saturated heterocycles. The van der Waals surface area contributed by atoms with Crippen molar-refractivity contribution in [2.75, 3.05) is 13.1 Å². The molecule has 0 heterocycles. The highest BCUT2D eigenvalue weighted by atomic mass is 35.5. The fourth-order valence-corrected chi connectivity index (χ4v) is 3.30. The SMILES string of the molecule is O=C(CCNC(=O)c1ccc(Cl)cc1)NCCCC1CCCCC1. The average molecular weight is 351 g/mol. The largest absolute Gasteiger partial charge is 0.356 e. The number of hydrogen-bond donors (Lipinski definition) is 2. The van der Waals surface area contributed by atoms with Gasteiger partial charge < -0.3 is 10.6 Å². The molecule has 2 amide bonds. The van der Waals surface area contributed by atoms with Crippen LogP contribution in [0, 0.1) is 5.92 Å². The molecule has 1 aliphatic carbocycles. The maximum Gasteiger partial charge on any atom is 0.251 e. The van der Waals surface area contributed by atoms with Crippen LogP contribution in [0.4, 0.5) is 0 Å². The van der Waals surface area contributed by atoms with Crippen LogP contribution < -0.4 is 10.6 Å².